The minimum absolute atomic E-state index is 0.267. The number of rotatable bonds is 14. The van der Waals surface area contributed by atoms with Gasteiger partial charge in [0, 0.05) is 6.07 Å². The molecule has 3 N–H and O–H groups in total. The minimum Gasteiger partial charge on any atom is -0.493 e. The third-order valence-corrected chi connectivity index (χ3v) is 5.40. The molecule has 1 amide bonds. The molecule has 0 aromatic heterocycles. The van der Waals surface area contributed by atoms with Crippen molar-refractivity contribution in [3.05, 3.63) is 83.9 Å². The van der Waals surface area contributed by atoms with Crippen molar-refractivity contribution in [3.63, 3.8) is 0 Å². The summed E-state index contributed by atoms with van der Waals surface area (Å²) in [7, 11) is 0. The summed E-state index contributed by atoms with van der Waals surface area (Å²) < 4.78 is 17.5. The molecular formula is C29H36N2O4. The van der Waals surface area contributed by atoms with Crippen LogP contribution in [0.25, 0.3) is 0 Å². The van der Waals surface area contributed by atoms with E-state index in [4.69, 9.17) is 19.9 Å². The van der Waals surface area contributed by atoms with Gasteiger partial charge in [0.1, 0.15) is 23.9 Å². The van der Waals surface area contributed by atoms with Crippen LogP contribution < -0.4 is 25.3 Å². The summed E-state index contributed by atoms with van der Waals surface area (Å²) in [5, 5.41) is 2.92. The second kappa shape index (κ2) is 14.0. The maximum atomic E-state index is 12.8. The van der Waals surface area contributed by atoms with Gasteiger partial charge in [-0.1, -0.05) is 62.7 Å². The fraction of sp³-hybridized carbons (Fsp3) is 0.345. The molecule has 3 aromatic carbocycles. The van der Waals surface area contributed by atoms with Gasteiger partial charge in [-0.3, -0.25) is 4.79 Å². The first-order chi connectivity index (χ1) is 17.1. The molecule has 3 rings (SSSR count). The molecule has 6 nitrogen and oxygen atoms in total. The van der Waals surface area contributed by atoms with Crippen LogP contribution in [-0.2, 0) is 17.8 Å². The maximum absolute atomic E-state index is 12.8. The van der Waals surface area contributed by atoms with E-state index >= 15 is 0 Å². The zero-order valence-corrected chi connectivity index (χ0v) is 20.7. The normalized spacial score (nSPS) is 11.5. The van der Waals surface area contributed by atoms with Crippen LogP contribution in [0.1, 0.15) is 44.2 Å². The van der Waals surface area contributed by atoms with E-state index in [0.29, 0.717) is 37.7 Å². The molecule has 0 radical (unpaired) electrons. The lowest BCUT2D eigenvalue weighted by molar-refractivity contribution is -0.117. The highest BCUT2D eigenvalue weighted by atomic mass is 16.5. The molecule has 6 heteroatoms. The molecule has 0 spiro atoms. The van der Waals surface area contributed by atoms with Crippen molar-refractivity contribution in [2.24, 2.45) is 5.73 Å². The van der Waals surface area contributed by atoms with E-state index in [9.17, 15) is 4.79 Å². The molecule has 0 aliphatic heterocycles. The smallest absolute Gasteiger partial charge is 0.241 e. The number of nitrogens with two attached hydrogens (primary N) is 1. The van der Waals surface area contributed by atoms with Gasteiger partial charge in [0.05, 0.1) is 24.9 Å². The van der Waals surface area contributed by atoms with Crippen LogP contribution in [0.5, 0.6) is 17.2 Å². The lowest BCUT2D eigenvalue weighted by Crippen LogP contribution is -2.37. The molecule has 0 saturated carbocycles. The van der Waals surface area contributed by atoms with Crippen molar-refractivity contribution in [2.75, 3.05) is 18.5 Å². The second-order valence-electron chi connectivity index (χ2n) is 8.43. The van der Waals surface area contributed by atoms with Crippen LogP contribution in [0.3, 0.4) is 0 Å². The average molecular weight is 477 g/mol. The molecule has 0 bridgehead atoms. The summed E-state index contributed by atoms with van der Waals surface area (Å²) in [6.07, 6.45) is 3.28. The highest BCUT2D eigenvalue weighted by Gasteiger charge is 2.17. The number of carbonyl (C=O) groups is 1. The Morgan fingerprint density at radius 3 is 2.29 bits per heavy atom. The standard InChI is InChI=1S/C29H36N2O4/c1-3-5-18-34-28-20-25(33-17-4-2)15-16-27(28)31-29(32)26(30)19-22-11-13-24(14-12-22)35-21-23-9-7-6-8-10-23/h6-16,20,26H,3-5,17-19,21,30H2,1-2H3,(H,31,32)/t26-/m1/s1. The van der Waals surface area contributed by atoms with Crippen LogP contribution in [0, 0.1) is 0 Å². The van der Waals surface area contributed by atoms with Crippen molar-refractivity contribution in [3.8, 4) is 17.2 Å². The van der Waals surface area contributed by atoms with Gasteiger partial charge in [0.2, 0.25) is 5.91 Å². The number of benzene rings is 3. The van der Waals surface area contributed by atoms with E-state index in [-0.39, 0.29) is 5.91 Å². The third kappa shape index (κ3) is 8.65. The lowest BCUT2D eigenvalue weighted by Gasteiger charge is -2.17. The van der Waals surface area contributed by atoms with E-state index in [1.165, 1.54) is 0 Å². The molecule has 0 fully saturated rings. The van der Waals surface area contributed by atoms with Crippen molar-refractivity contribution in [1.29, 1.82) is 0 Å². The van der Waals surface area contributed by atoms with Crippen molar-refractivity contribution >= 4 is 11.6 Å². The van der Waals surface area contributed by atoms with Gasteiger partial charge >= 0.3 is 0 Å². The summed E-state index contributed by atoms with van der Waals surface area (Å²) >= 11 is 0. The summed E-state index contributed by atoms with van der Waals surface area (Å²) in [6, 6.07) is 22.4. The Kier molecular flexibility index (Phi) is 10.5. The number of unbranched alkanes of at least 4 members (excludes halogenated alkanes) is 1. The summed E-state index contributed by atoms with van der Waals surface area (Å²) in [5.74, 6) is 1.81. The topological polar surface area (TPSA) is 82.8 Å². The van der Waals surface area contributed by atoms with Gasteiger partial charge in [-0.05, 0) is 54.7 Å². The molecule has 0 aliphatic rings. The van der Waals surface area contributed by atoms with Gasteiger partial charge < -0.3 is 25.3 Å². The van der Waals surface area contributed by atoms with E-state index < -0.39 is 6.04 Å². The van der Waals surface area contributed by atoms with Crippen molar-refractivity contribution in [2.45, 2.75) is 52.2 Å². The first-order valence-electron chi connectivity index (χ1n) is 12.3. The molecular weight excluding hydrogens is 440 g/mol. The van der Waals surface area contributed by atoms with Crippen LogP contribution in [0.4, 0.5) is 5.69 Å². The predicted molar refractivity (Wildman–Crippen MR) is 140 cm³/mol. The number of carbonyl (C=O) groups excluding carboxylic acids is 1. The van der Waals surface area contributed by atoms with Gasteiger partial charge in [0.25, 0.3) is 0 Å². The number of hydrogen-bond donors (Lipinski definition) is 2. The Hall–Kier alpha value is -3.51. The molecule has 35 heavy (non-hydrogen) atoms. The predicted octanol–water partition coefficient (Wildman–Crippen LogP) is 5.74. The Morgan fingerprint density at radius 1 is 0.829 bits per heavy atom. The van der Waals surface area contributed by atoms with Gasteiger partial charge in [-0.15, -0.1) is 0 Å². The summed E-state index contributed by atoms with van der Waals surface area (Å²) in [6.45, 7) is 5.86. The Bertz CT molecular complexity index is 1040. The van der Waals surface area contributed by atoms with E-state index in [0.717, 1.165) is 41.9 Å². The monoisotopic (exact) mass is 476 g/mol. The Labute approximate surface area is 208 Å². The number of hydrogen-bond acceptors (Lipinski definition) is 5. The largest absolute Gasteiger partial charge is 0.493 e. The highest BCUT2D eigenvalue weighted by Crippen LogP contribution is 2.30. The lowest BCUT2D eigenvalue weighted by atomic mass is 10.1. The molecule has 186 valence electrons. The highest BCUT2D eigenvalue weighted by molar-refractivity contribution is 5.96. The van der Waals surface area contributed by atoms with Gasteiger partial charge in [-0.2, -0.15) is 0 Å². The Morgan fingerprint density at radius 2 is 1.57 bits per heavy atom. The molecule has 3 aromatic rings. The SMILES string of the molecule is CCCCOc1cc(OCCC)ccc1NC(=O)[C@H](N)Cc1ccc(OCc2ccccc2)cc1. The number of amides is 1. The minimum atomic E-state index is -0.703. The second-order valence-corrected chi connectivity index (χ2v) is 8.43. The molecule has 0 saturated heterocycles. The van der Waals surface area contributed by atoms with Crippen LogP contribution in [0.2, 0.25) is 0 Å². The fourth-order valence-corrected chi connectivity index (χ4v) is 3.40. The van der Waals surface area contributed by atoms with Crippen LogP contribution >= 0.6 is 0 Å². The first-order valence-corrected chi connectivity index (χ1v) is 12.3. The van der Waals surface area contributed by atoms with Crippen LogP contribution in [0.15, 0.2) is 72.8 Å². The average Bonchev–Trinajstić information content (AvgIpc) is 2.89. The number of nitrogens with one attached hydrogen (secondary N) is 1. The third-order valence-electron chi connectivity index (χ3n) is 5.40. The summed E-state index contributed by atoms with van der Waals surface area (Å²) in [4.78, 5) is 12.8. The summed E-state index contributed by atoms with van der Waals surface area (Å²) in [5.41, 5.74) is 8.89. The molecule has 0 unspecified atom stereocenters. The van der Waals surface area contributed by atoms with Gasteiger partial charge in [-0.25, -0.2) is 0 Å². The number of anilines is 1. The first kappa shape index (κ1) is 26.1. The molecule has 0 aliphatic carbocycles. The Balaban J connectivity index is 1.56. The van der Waals surface area contributed by atoms with E-state index in [2.05, 4.69) is 19.2 Å². The van der Waals surface area contributed by atoms with E-state index in [1.54, 1.807) is 6.07 Å². The quantitative estimate of drug-likeness (QED) is 0.290. The fourth-order valence-electron chi connectivity index (χ4n) is 3.40. The molecule has 0 heterocycles. The zero-order chi connectivity index (χ0) is 24.9. The van der Waals surface area contributed by atoms with Crippen LogP contribution in [-0.4, -0.2) is 25.2 Å². The van der Waals surface area contributed by atoms with Crippen molar-refractivity contribution in [1.82, 2.24) is 0 Å². The zero-order valence-electron chi connectivity index (χ0n) is 20.7. The van der Waals surface area contributed by atoms with Crippen molar-refractivity contribution < 1.29 is 19.0 Å². The maximum Gasteiger partial charge on any atom is 0.241 e. The van der Waals surface area contributed by atoms with E-state index in [1.807, 2.05) is 66.7 Å². The molecule has 1 atom stereocenters. The van der Waals surface area contributed by atoms with Gasteiger partial charge in [0.15, 0.2) is 0 Å². The number of ether oxygens (including phenoxy) is 3.